The Kier molecular flexibility index (Phi) is 21.2. The molecule has 84 heavy (non-hydrogen) atoms. The summed E-state index contributed by atoms with van der Waals surface area (Å²) in [5, 5.41) is 12.8. The first-order chi connectivity index (χ1) is 41.1. The van der Waals surface area contributed by atoms with E-state index in [9.17, 15) is 19.2 Å². The number of benzene rings is 4. The maximum absolute atomic E-state index is 14.1. The third-order valence-electron chi connectivity index (χ3n) is 14.9. The van der Waals surface area contributed by atoms with Gasteiger partial charge in [-0.3, -0.25) is 19.2 Å². The Hall–Kier alpha value is -8.92. The molecule has 0 atom stereocenters. The van der Waals surface area contributed by atoms with Crippen molar-refractivity contribution in [3.05, 3.63) is 189 Å². The fraction of sp³-hybridized carbons (Fsp3) is 0.353. The highest BCUT2D eigenvalue weighted by atomic mass is 16.5. The molecule has 0 saturated carbocycles. The Bertz CT molecular complexity index is 2890. The van der Waals surface area contributed by atoms with Gasteiger partial charge in [0.1, 0.15) is 45.8 Å². The van der Waals surface area contributed by atoms with Gasteiger partial charge >= 0.3 is 0 Å². The molecule has 4 amide bonds. The van der Waals surface area contributed by atoms with Crippen molar-refractivity contribution in [1.82, 2.24) is 19.9 Å². The minimum atomic E-state index is -0.319. The van der Waals surface area contributed by atoms with Crippen molar-refractivity contribution in [3.63, 3.8) is 0 Å². The molecule has 9 rings (SSSR count). The van der Waals surface area contributed by atoms with E-state index in [1.807, 2.05) is 48.5 Å². The number of carbonyl (C=O) groups excluding carboxylic acids is 4. The number of unbranched alkanes of at least 4 members (excludes halogenated alkanes) is 8. The van der Waals surface area contributed by atoms with Gasteiger partial charge in [-0.05, 0) is 123 Å². The molecule has 16 heteroatoms. The smallest absolute Gasteiger partial charge is 0.272 e. The summed E-state index contributed by atoms with van der Waals surface area (Å²) >= 11 is 0. The lowest BCUT2D eigenvalue weighted by molar-refractivity contribution is 0.101. The molecule has 1 aliphatic rings. The number of hydrogen-bond donors (Lipinski definition) is 8. The van der Waals surface area contributed by atoms with Gasteiger partial charge in [0.2, 0.25) is 0 Å². The molecule has 4 heterocycles. The summed E-state index contributed by atoms with van der Waals surface area (Å²) in [5.41, 5.74) is 9.92. The molecule has 4 aromatic carbocycles. The molecule has 1 aliphatic carbocycles. The van der Waals surface area contributed by atoms with E-state index in [1.54, 1.807) is 73.3 Å². The molecule has 0 saturated heterocycles. The number of nitrogens with one attached hydrogen (secondary N) is 8. The molecular weight excluding hydrogens is 1060 g/mol. The van der Waals surface area contributed by atoms with Crippen molar-refractivity contribution in [2.24, 2.45) is 0 Å². The largest absolute Gasteiger partial charge is 0.493 e. The number of carbonyl (C=O) groups is 4. The summed E-state index contributed by atoms with van der Waals surface area (Å²) in [4.78, 5) is 68.6. The maximum Gasteiger partial charge on any atom is 0.272 e. The summed E-state index contributed by atoms with van der Waals surface area (Å²) in [6, 6.07) is 29.8. The number of amides is 4. The van der Waals surface area contributed by atoms with Gasteiger partial charge in [0.05, 0.1) is 26.4 Å². The van der Waals surface area contributed by atoms with E-state index in [4.69, 9.17) is 18.9 Å². The van der Waals surface area contributed by atoms with Crippen molar-refractivity contribution in [2.45, 2.75) is 130 Å². The number of aromatic amines is 4. The molecule has 0 aliphatic heterocycles. The highest BCUT2D eigenvalue weighted by Crippen LogP contribution is 2.43. The van der Waals surface area contributed by atoms with Crippen LogP contribution in [0.15, 0.2) is 122 Å². The fourth-order valence-electron chi connectivity index (χ4n) is 10.7. The zero-order chi connectivity index (χ0) is 58.6. The first-order valence-electron chi connectivity index (χ1n) is 30.0. The summed E-state index contributed by atoms with van der Waals surface area (Å²) in [7, 11) is 0. The van der Waals surface area contributed by atoms with Gasteiger partial charge in [-0.25, -0.2) is 0 Å². The van der Waals surface area contributed by atoms with Gasteiger partial charge in [0.25, 0.3) is 23.6 Å². The SMILES string of the molecule is CCCCCOc1c2cc(NC(=O)c3ccc[nH]3)cc1Cc1cc(NC(=O)c3ccc[nH]3)cc(c1OCCCCC)Cc1cc(NC(=O)c3ccc[nH]3)cc(c1OCCCCC)Cc1cc(NC(=O)c3ccc[nH]3)cc(c1OCCCCC)C2. The molecule has 0 spiro atoms. The zero-order valence-corrected chi connectivity index (χ0v) is 49.0. The standard InChI is InChI=1S/C68H80N8O8/c1-5-9-13-29-81-61-45-33-47-39-54(74-66(78)58-22-18-26-70-58)41-49(62(47)82-30-14-10-6-2)35-51-43-56(76-68(80)60-24-20-28-72-60)44-52(64(51)84-32-16-12-8-4)36-50-42-55(75-67(79)59-23-19-27-71-59)40-48(63(50)83-31-15-11-7-3)34-46(61)38-53(37-45)73-65(77)57-21-17-25-69-57/h17-28,37-44,69-72H,5-16,29-36H2,1-4H3,(H,73,77)(H,74,78)(H,75,79)(H,76,80). The van der Waals surface area contributed by atoms with E-state index in [1.165, 1.54) is 0 Å². The van der Waals surface area contributed by atoms with Crippen LogP contribution in [0.1, 0.15) is 191 Å². The molecule has 440 valence electrons. The predicted octanol–water partition coefficient (Wildman–Crippen LogP) is 15.0. The molecule has 0 unspecified atom stereocenters. The highest BCUT2D eigenvalue weighted by molar-refractivity contribution is 6.05. The Labute approximate surface area is 492 Å². The van der Waals surface area contributed by atoms with Crippen LogP contribution in [0.5, 0.6) is 23.0 Å². The van der Waals surface area contributed by atoms with Crippen LogP contribution in [0.25, 0.3) is 0 Å². The lowest BCUT2D eigenvalue weighted by Crippen LogP contribution is -2.16. The molecule has 8 aromatic rings. The van der Waals surface area contributed by atoms with Crippen LogP contribution >= 0.6 is 0 Å². The first-order valence-corrected chi connectivity index (χ1v) is 30.0. The number of hydrogen-bond acceptors (Lipinski definition) is 8. The Balaban J connectivity index is 1.34. The summed E-state index contributed by atoms with van der Waals surface area (Å²) in [6.45, 7) is 10.3. The van der Waals surface area contributed by atoms with Gasteiger partial charge in [0, 0.05) is 118 Å². The van der Waals surface area contributed by atoms with Gasteiger partial charge in [0.15, 0.2) is 0 Å². The minimum absolute atomic E-state index is 0.250. The van der Waals surface area contributed by atoms with Crippen LogP contribution < -0.4 is 40.2 Å². The van der Waals surface area contributed by atoms with E-state index in [0.29, 0.717) is 95.0 Å². The van der Waals surface area contributed by atoms with Gasteiger partial charge in [-0.1, -0.05) is 79.1 Å². The predicted molar refractivity (Wildman–Crippen MR) is 332 cm³/mol. The molecule has 4 aromatic heterocycles. The van der Waals surface area contributed by atoms with Crippen molar-refractivity contribution in [3.8, 4) is 23.0 Å². The van der Waals surface area contributed by atoms with Crippen LogP contribution in [-0.4, -0.2) is 70.0 Å². The second kappa shape index (κ2) is 29.9. The minimum Gasteiger partial charge on any atom is -0.493 e. The molecule has 16 nitrogen and oxygen atoms in total. The third kappa shape index (κ3) is 15.8. The normalized spacial score (nSPS) is 11.9. The van der Waals surface area contributed by atoms with E-state index in [2.05, 4.69) is 68.9 Å². The molecule has 0 radical (unpaired) electrons. The van der Waals surface area contributed by atoms with Crippen molar-refractivity contribution in [1.29, 1.82) is 0 Å². The quantitative estimate of drug-likeness (QED) is 0.0220. The van der Waals surface area contributed by atoms with Crippen molar-refractivity contribution in [2.75, 3.05) is 47.7 Å². The average molecular weight is 1140 g/mol. The summed E-state index contributed by atoms with van der Waals surface area (Å²) < 4.78 is 28.2. The topological polar surface area (TPSA) is 216 Å². The van der Waals surface area contributed by atoms with E-state index < -0.39 is 0 Å². The number of H-pyrrole nitrogens is 4. The van der Waals surface area contributed by atoms with Crippen LogP contribution in [-0.2, 0) is 25.7 Å². The number of anilines is 4. The average Bonchev–Trinajstić information content (AvgIpc) is 2.65. The second-order valence-corrected chi connectivity index (χ2v) is 21.6. The van der Waals surface area contributed by atoms with E-state index in [0.717, 1.165) is 122 Å². The first kappa shape index (κ1) is 59.7. The summed E-state index contributed by atoms with van der Waals surface area (Å²) in [6.07, 6.45) is 18.9. The molecule has 8 N–H and O–H groups in total. The van der Waals surface area contributed by atoms with Crippen LogP contribution in [0.3, 0.4) is 0 Å². The van der Waals surface area contributed by atoms with Gasteiger partial charge in [-0.15, -0.1) is 0 Å². The maximum atomic E-state index is 14.1. The van der Waals surface area contributed by atoms with Gasteiger partial charge < -0.3 is 60.2 Å². The van der Waals surface area contributed by atoms with E-state index >= 15 is 0 Å². The lowest BCUT2D eigenvalue weighted by atomic mass is 9.90. The Morgan fingerprint density at radius 2 is 0.536 bits per heavy atom. The van der Waals surface area contributed by atoms with Crippen molar-refractivity contribution < 1.29 is 38.1 Å². The number of ether oxygens (including phenoxy) is 4. The third-order valence-corrected chi connectivity index (χ3v) is 14.9. The summed E-state index contributed by atoms with van der Waals surface area (Å²) in [5.74, 6) is 1.30. The fourth-order valence-corrected chi connectivity index (χ4v) is 10.7. The molecular formula is C68H80N8O8. The monoisotopic (exact) mass is 1140 g/mol. The number of fused-ring (bicyclic) bond motifs is 8. The number of aromatic nitrogens is 4. The highest BCUT2D eigenvalue weighted by Gasteiger charge is 2.27. The lowest BCUT2D eigenvalue weighted by Gasteiger charge is -2.25. The zero-order valence-electron chi connectivity index (χ0n) is 49.0. The Morgan fingerprint density at radius 3 is 0.702 bits per heavy atom. The molecule has 0 fully saturated rings. The Morgan fingerprint density at radius 1 is 0.333 bits per heavy atom. The second-order valence-electron chi connectivity index (χ2n) is 21.6. The van der Waals surface area contributed by atoms with Crippen LogP contribution in [0.2, 0.25) is 0 Å². The van der Waals surface area contributed by atoms with E-state index in [-0.39, 0.29) is 49.3 Å². The van der Waals surface area contributed by atoms with Crippen LogP contribution in [0, 0.1) is 0 Å². The molecule has 8 bridgehead atoms. The van der Waals surface area contributed by atoms with Gasteiger partial charge in [-0.2, -0.15) is 0 Å². The van der Waals surface area contributed by atoms with Crippen LogP contribution in [0.4, 0.5) is 22.7 Å². The van der Waals surface area contributed by atoms with Crippen molar-refractivity contribution >= 4 is 46.4 Å². The number of rotatable bonds is 28.